The first-order valence-electron chi connectivity index (χ1n) is 8.12. The van der Waals surface area contributed by atoms with Crippen molar-refractivity contribution in [3.05, 3.63) is 59.6 Å². The molecule has 23 heavy (non-hydrogen) atoms. The van der Waals surface area contributed by atoms with Crippen molar-refractivity contribution in [3.63, 3.8) is 0 Å². The molecular formula is C19H20N2OS. The van der Waals surface area contributed by atoms with Gasteiger partial charge in [-0.3, -0.25) is 4.98 Å². The van der Waals surface area contributed by atoms with Gasteiger partial charge in [0, 0.05) is 18.7 Å². The highest BCUT2D eigenvalue weighted by atomic mass is 32.1. The molecule has 3 aromatic rings. The van der Waals surface area contributed by atoms with E-state index < -0.39 is 0 Å². The molecule has 0 bridgehead atoms. The van der Waals surface area contributed by atoms with Gasteiger partial charge in [-0.2, -0.15) is 0 Å². The number of pyridine rings is 1. The smallest absolute Gasteiger partial charge is 0.140 e. The number of nitrogens with zero attached hydrogens (tertiary/aromatic N) is 1. The molecule has 0 saturated carbocycles. The Morgan fingerprint density at radius 3 is 3.00 bits per heavy atom. The third-order valence-corrected chi connectivity index (χ3v) is 5.51. The summed E-state index contributed by atoms with van der Waals surface area (Å²) in [5, 5.41) is 5.58. The van der Waals surface area contributed by atoms with E-state index >= 15 is 0 Å². The van der Waals surface area contributed by atoms with E-state index in [1.54, 1.807) is 11.3 Å². The van der Waals surface area contributed by atoms with Gasteiger partial charge in [0.1, 0.15) is 5.75 Å². The first kappa shape index (κ1) is 14.7. The number of aromatic nitrogens is 1. The number of hydrogen-bond acceptors (Lipinski definition) is 4. The predicted octanol–water partition coefficient (Wildman–Crippen LogP) is 4.07. The molecular weight excluding hydrogens is 304 g/mol. The second-order valence-corrected chi connectivity index (χ2v) is 6.94. The first-order chi connectivity index (χ1) is 11.4. The molecule has 0 amide bonds. The molecule has 3 heterocycles. The summed E-state index contributed by atoms with van der Waals surface area (Å²) in [6.45, 7) is 2.84. The van der Waals surface area contributed by atoms with Crippen molar-refractivity contribution in [2.24, 2.45) is 5.92 Å². The molecule has 1 N–H and O–H groups in total. The van der Waals surface area contributed by atoms with E-state index in [-0.39, 0.29) is 0 Å². The largest absolute Gasteiger partial charge is 0.492 e. The molecule has 1 aliphatic heterocycles. The highest BCUT2D eigenvalue weighted by Gasteiger charge is 2.27. The Bertz CT molecular complexity index is 771. The zero-order valence-corrected chi connectivity index (χ0v) is 13.8. The van der Waals surface area contributed by atoms with E-state index in [1.165, 1.54) is 12.0 Å². The lowest BCUT2D eigenvalue weighted by atomic mass is 9.81. The van der Waals surface area contributed by atoms with Gasteiger partial charge in [0.25, 0.3) is 0 Å². The van der Waals surface area contributed by atoms with E-state index in [9.17, 15) is 0 Å². The van der Waals surface area contributed by atoms with Crippen molar-refractivity contribution in [2.45, 2.75) is 12.3 Å². The van der Waals surface area contributed by atoms with Crippen molar-refractivity contribution in [3.8, 4) is 5.75 Å². The summed E-state index contributed by atoms with van der Waals surface area (Å²) in [5.41, 5.74) is 2.45. The maximum atomic E-state index is 6.20. The zero-order valence-electron chi connectivity index (χ0n) is 12.9. The standard InChI is InChI=1S/C19H20N2OS/c1-2-4-14(5-3-1)16-6-9-20-12-15(16)13-22-18-7-10-21-17-8-11-23-19(17)18/h1-5,7-8,10-11,15-16,20H,6,9,12-13H2/t15-,16-/m0/s1. The minimum Gasteiger partial charge on any atom is -0.492 e. The highest BCUT2D eigenvalue weighted by Crippen LogP contribution is 2.33. The van der Waals surface area contributed by atoms with Gasteiger partial charge in [0.15, 0.2) is 0 Å². The van der Waals surface area contributed by atoms with Crippen molar-refractivity contribution >= 4 is 21.6 Å². The number of nitrogens with one attached hydrogen (secondary N) is 1. The highest BCUT2D eigenvalue weighted by molar-refractivity contribution is 7.17. The average Bonchev–Trinajstić information content (AvgIpc) is 3.10. The molecule has 0 unspecified atom stereocenters. The van der Waals surface area contributed by atoms with Crippen LogP contribution in [-0.2, 0) is 0 Å². The van der Waals surface area contributed by atoms with Crippen molar-refractivity contribution in [1.29, 1.82) is 0 Å². The number of thiophene rings is 1. The Balaban J connectivity index is 1.51. The molecule has 1 fully saturated rings. The van der Waals surface area contributed by atoms with Crippen LogP contribution in [0.3, 0.4) is 0 Å². The summed E-state index contributed by atoms with van der Waals surface area (Å²) >= 11 is 1.69. The molecule has 4 rings (SSSR count). The van der Waals surface area contributed by atoms with Crippen molar-refractivity contribution < 1.29 is 4.74 Å². The fourth-order valence-electron chi connectivity index (χ4n) is 3.40. The molecule has 118 valence electrons. The Hall–Kier alpha value is -1.91. The van der Waals surface area contributed by atoms with Crippen LogP contribution in [-0.4, -0.2) is 24.7 Å². The molecule has 1 saturated heterocycles. The van der Waals surface area contributed by atoms with E-state index in [0.717, 1.165) is 35.7 Å². The van der Waals surface area contributed by atoms with Gasteiger partial charge >= 0.3 is 0 Å². The normalized spacial score (nSPS) is 21.4. The number of rotatable bonds is 4. The first-order valence-corrected chi connectivity index (χ1v) is 9.00. The molecule has 1 aliphatic rings. The van der Waals surface area contributed by atoms with E-state index in [4.69, 9.17) is 4.74 Å². The van der Waals surface area contributed by atoms with E-state index in [2.05, 4.69) is 46.0 Å². The molecule has 2 aromatic heterocycles. The van der Waals surface area contributed by atoms with Crippen LogP contribution in [0.15, 0.2) is 54.0 Å². The molecule has 3 nitrogen and oxygen atoms in total. The quantitative estimate of drug-likeness (QED) is 0.785. The summed E-state index contributed by atoms with van der Waals surface area (Å²) < 4.78 is 7.35. The molecule has 4 heteroatoms. The Labute approximate surface area is 140 Å². The third kappa shape index (κ3) is 3.09. The molecule has 0 spiro atoms. The summed E-state index contributed by atoms with van der Waals surface area (Å²) in [6, 6.07) is 14.9. The summed E-state index contributed by atoms with van der Waals surface area (Å²) in [4.78, 5) is 4.38. The Morgan fingerprint density at radius 2 is 2.09 bits per heavy atom. The second kappa shape index (κ2) is 6.69. The Kier molecular flexibility index (Phi) is 4.26. The minimum atomic E-state index is 0.495. The van der Waals surface area contributed by atoms with Crippen LogP contribution in [0.1, 0.15) is 17.9 Å². The van der Waals surface area contributed by atoms with Gasteiger partial charge in [-0.25, -0.2) is 0 Å². The van der Waals surface area contributed by atoms with Crippen LogP contribution >= 0.6 is 11.3 Å². The van der Waals surface area contributed by atoms with Gasteiger partial charge in [0.05, 0.1) is 16.8 Å². The fourth-order valence-corrected chi connectivity index (χ4v) is 4.21. The van der Waals surface area contributed by atoms with E-state index in [0.29, 0.717) is 11.8 Å². The van der Waals surface area contributed by atoms with Crippen LogP contribution in [0.25, 0.3) is 10.2 Å². The molecule has 2 atom stereocenters. The van der Waals surface area contributed by atoms with Gasteiger partial charge in [-0.15, -0.1) is 11.3 Å². The SMILES string of the molecule is c1ccc([C@@H]2CCNC[C@H]2COc2ccnc3ccsc23)cc1. The lowest BCUT2D eigenvalue weighted by Gasteiger charge is -2.32. The number of hydrogen-bond donors (Lipinski definition) is 1. The lowest BCUT2D eigenvalue weighted by Crippen LogP contribution is -2.38. The van der Waals surface area contributed by atoms with Gasteiger partial charge in [0.2, 0.25) is 0 Å². The van der Waals surface area contributed by atoms with Crippen molar-refractivity contribution in [1.82, 2.24) is 10.3 Å². The average molecular weight is 324 g/mol. The fraction of sp³-hybridized carbons (Fsp3) is 0.316. The maximum Gasteiger partial charge on any atom is 0.140 e. The summed E-state index contributed by atoms with van der Waals surface area (Å²) in [6.07, 6.45) is 3.00. The second-order valence-electron chi connectivity index (χ2n) is 6.03. The van der Waals surface area contributed by atoms with Crippen LogP contribution in [0, 0.1) is 5.92 Å². The molecule has 0 radical (unpaired) electrons. The number of piperidine rings is 1. The Morgan fingerprint density at radius 1 is 1.17 bits per heavy atom. The zero-order chi connectivity index (χ0) is 15.5. The maximum absolute atomic E-state index is 6.20. The molecule has 1 aromatic carbocycles. The summed E-state index contributed by atoms with van der Waals surface area (Å²) in [5.74, 6) is 2.02. The lowest BCUT2D eigenvalue weighted by molar-refractivity contribution is 0.198. The van der Waals surface area contributed by atoms with Gasteiger partial charge in [-0.05, 0) is 42.0 Å². The number of fused-ring (bicyclic) bond motifs is 1. The minimum absolute atomic E-state index is 0.495. The topological polar surface area (TPSA) is 34.1 Å². The number of benzene rings is 1. The summed E-state index contributed by atoms with van der Waals surface area (Å²) in [7, 11) is 0. The van der Waals surface area contributed by atoms with Gasteiger partial charge in [-0.1, -0.05) is 30.3 Å². The van der Waals surface area contributed by atoms with Crippen LogP contribution in [0.5, 0.6) is 5.75 Å². The predicted molar refractivity (Wildman–Crippen MR) is 95.3 cm³/mol. The van der Waals surface area contributed by atoms with Crippen LogP contribution < -0.4 is 10.1 Å². The molecule has 0 aliphatic carbocycles. The van der Waals surface area contributed by atoms with Crippen molar-refractivity contribution in [2.75, 3.05) is 19.7 Å². The number of ether oxygens (including phenoxy) is 1. The third-order valence-electron chi connectivity index (χ3n) is 4.60. The van der Waals surface area contributed by atoms with Gasteiger partial charge < -0.3 is 10.1 Å². The van der Waals surface area contributed by atoms with Crippen LogP contribution in [0.4, 0.5) is 0 Å². The monoisotopic (exact) mass is 324 g/mol. The van der Waals surface area contributed by atoms with E-state index in [1.807, 2.05) is 18.3 Å². The van der Waals surface area contributed by atoms with Crippen LogP contribution in [0.2, 0.25) is 0 Å².